The van der Waals surface area contributed by atoms with Crippen molar-refractivity contribution < 1.29 is 0 Å². The third kappa shape index (κ3) is 4.55. The molecule has 2 rings (SSSR count). The zero-order valence-corrected chi connectivity index (χ0v) is 14.2. The van der Waals surface area contributed by atoms with Crippen LogP contribution in [0, 0.1) is 12.8 Å². The lowest BCUT2D eigenvalue weighted by Crippen LogP contribution is -2.58. The van der Waals surface area contributed by atoms with Crippen LogP contribution in [0.3, 0.4) is 0 Å². The van der Waals surface area contributed by atoms with Gasteiger partial charge in [0.15, 0.2) is 0 Å². The van der Waals surface area contributed by atoms with Gasteiger partial charge in [-0.3, -0.25) is 4.90 Å². The van der Waals surface area contributed by atoms with Crippen LogP contribution in [0.2, 0.25) is 0 Å². The van der Waals surface area contributed by atoms with Crippen LogP contribution >= 0.6 is 0 Å². The highest BCUT2D eigenvalue weighted by Crippen LogP contribution is 2.22. The second-order valence-electron chi connectivity index (χ2n) is 6.76. The van der Waals surface area contributed by atoms with E-state index in [0.29, 0.717) is 12.1 Å². The molecule has 0 bridgehead atoms. The van der Waals surface area contributed by atoms with Gasteiger partial charge in [-0.05, 0) is 24.8 Å². The molecule has 1 aliphatic rings. The zero-order valence-electron chi connectivity index (χ0n) is 14.2. The Morgan fingerprint density at radius 3 is 2.57 bits per heavy atom. The van der Waals surface area contributed by atoms with E-state index in [2.05, 4.69) is 62.2 Å². The first kappa shape index (κ1) is 16.5. The molecule has 2 nitrogen and oxygen atoms in total. The number of aryl methyl sites for hydroxylation is 1. The lowest BCUT2D eigenvalue weighted by Gasteiger charge is -2.43. The van der Waals surface area contributed by atoms with Crippen LogP contribution < -0.4 is 5.32 Å². The average Bonchev–Trinajstić information content (AvgIpc) is 2.49. The highest BCUT2D eigenvalue weighted by Gasteiger charge is 2.30. The molecular weight excluding hydrogens is 256 g/mol. The van der Waals surface area contributed by atoms with Crippen molar-refractivity contribution in [1.82, 2.24) is 10.2 Å². The molecule has 118 valence electrons. The molecule has 0 aliphatic carbocycles. The largest absolute Gasteiger partial charge is 0.311 e. The normalized spacial score (nSPS) is 25.0. The highest BCUT2D eigenvalue weighted by atomic mass is 15.2. The Kier molecular flexibility index (Phi) is 6.25. The van der Waals surface area contributed by atoms with E-state index in [0.717, 1.165) is 19.0 Å². The van der Waals surface area contributed by atoms with Crippen molar-refractivity contribution in [3.05, 3.63) is 35.4 Å². The summed E-state index contributed by atoms with van der Waals surface area (Å²) in [6.07, 6.45) is 3.82. The van der Waals surface area contributed by atoms with Gasteiger partial charge in [0.2, 0.25) is 0 Å². The van der Waals surface area contributed by atoms with Gasteiger partial charge < -0.3 is 5.32 Å². The van der Waals surface area contributed by atoms with Crippen LogP contribution in [-0.2, 0) is 6.54 Å². The van der Waals surface area contributed by atoms with Crippen LogP contribution in [-0.4, -0.2) is 30.1 Å². The van der Waals surface area contributed by atoms with Crippen molar-refractivity contribution in [3.8, 4) is 0 Å². The van der Waals surface area contributed by atoms with Gasteiger partial charge in [0.1, 0.15) is 0 Å². The molecule has 1 heterocycles. The van der Waals surface area contributed by atoms with E-state index in [4.69, 9.17) is 0 Å². The van der Waals surface area contributed by atoms with E-state index >= 15 is 0 Å². The van der Waals surface area contributed by atoms with Crippen molar-refractivity contribution in [2.45, 2.75) is 65.6 Å². The minimum absolute atomic E-state index is 0.667. The minimum Gasteiger partial charge on any atom is -0.311 e. The van der Waals surface area contributed by atoms with E-state index in [9.17, 15) is 0 Å². The van der Waals surface area contributed by atoms with Gasteiger partial charge >= 0.3 is 0 Å². The van der Waals surface area contributed by atoms with Gasteiger partial charge in [-0.15, -0.1) is 0 Å². The number of rotatable bonds is 6. The average molecular weight is 288 g/mol. The summed E-state index contributed by atoms with van der Waals surface area (Å²) >= 11 is 0. The number of benzene rings is 1. The molecule has 0 amide bonds. The molecule has 0 aromatic heterocycles. The second kappa shape index (κ2) is 7.95. The van der Waals surface area contributed by atoms with Crippen LogP contribution in [0.4, 0.5) is 0 Å². The predicted octanol–water partition coefficient (Wildman–Crippen LogP) is 3.98. The summed E-state index contributed by atoms with van der Waals surface area (Å²) in [6, 6.07) is 10.4. The molecule has 1 N–H and O–H groups in total. The van der Waals surface area contributed by atoms with E-state index in [-0.39, 0.29) is 0 Å². The Labute approximate surface area is 130 Å². The Morgan fingerprint density at radius 1 is 1.24 bits per heavy atom. The Balaban J connectivity index is 2.06. The molecule has 1 aromatic rings. The number of hydrogen-bond donors (Lipinski definition) is 1. The Hall–Kier alpha value is -0.860. The van der Waals surface area contributed by atoms with E-state index in [1.165, 1.54) is 36.9 Å². The van der Waals surface area contributed by atoms with Gasteiger partial charge in [0, 0.05) is 31.7 Å². The summed E-state index contributed by atoms with van der Waals surface area (Å²) in [5, 5.41) is 3.77. The van der Waals surface area contributed by atoms with Crippen molar-refractivity contribution >= 4 is 0 Å². The highest BCUT2D eigenvalue weighted by molar-refractivity contribution is 5.21. The molecular formula is C19H32N2. The summed E-state index contributed by atoms with van der Waals surface area (Å²) in [5.41, 5.74) is 2.80. The molecule has 0 spiro atoms. The molecule has 3 unspecified atom stereocenters. The molecule has 2 heteroatoms. The number of nitrogens with zero attached hydrogens (tertiary/aromatic N) is 1. The van der Waals surface area contributed by atoms with E-state index in [1.54, 1.807) is 0 Å². The van der Waals surface area contributed by atoms with E-state index < -0.39 is 0 Å². The van der Waals surface area contributed by atoms with Crippen LogP contribution in [0.15, 0.2) is 24.3 Å². The summed E-state index contributed by atoms with van der Waals surface area (Å²) in [5.74, 6) is 0.755. The first-order valence-electron chi connectivity index (χ1n) is 8.67. The lowest BCUT2D eigenvalue weighted by molar-refractivity contribution is 0.0818. The zero-order chi connectivity index (χ0) is 15.2. The first-order valence-corrected chi connectivity index (χ1v) is 8.67. The SMILES string of the molecule is CCCC1CN(Cc2ccc(C)cc2)C(C(C)CC)CN1. The fourth-order valence-corrected chi connectivity index (χ4v) is 3.38. The second-order valence-corrected chi connectivity index (χ2v) is 6.76. The summed E-state index contributed by atoms with van der Waals surface area (Å²) in [7, 11) is 0. The molecule has 1 aromatic carbocycles. The van der Waals surface area contributed by atoms with Crippen LogP contribution in [0.1, 0.15) is 51.2 Å². The topological polar surface area (TPSA) is 15.3 Å². The van der Waals surface area contributed by atoms with E-state index in [1.807, 2.05) is 0 Å². The third-order valence-corrected chi connectivity index (χ3v) is 4.98. The maximum Gasteiger partial charge on any atom is 0.0250 e. The summed E-state index contributed by atoms with van der Waals surface area (Å²) in [6.45, 7) is 12.6. The molecule has 3 atom stereocenters. The first-order chi connectivity index (χ1) is 10.1. The van der Waals surface area contributed by atoms with Crippen LogP contribution in [0.25, 0.3) is 0 Å². The van der Waals surface area contributed by atoms with Crippen LogP contribution in [0.5, 0.6) is 0 Å². The number of nitrogens with one attached hydrogen (secondary N) is 1. The molecule has 1 aliphatic heterocycles. The standard InChI is InChI=1S/C19H32N2/c1-5-7-18-14-21(19(12-20-18)16(4)6-2)13-17-10-8-15(3)9-11-17/h8-11,16,18-20H,5-7,12-14H2,1-4H3. The molecule has 0 radical (unpaired) electrons. The Bertz CT molecular complexity index is 412. The predicted molar refractivity (Wildman–Crippen MR) is 91.5 cm³/mol. The smallest absolute Gasteiger partial charge is 0.0250 e. The molecule has 1 fully saturated rings. The maximum atomic E-state index is 3.77. The number of hydrogen-bond acceptors (Lipinski definition) is 2. The fraction of sp³-hybridized carbons (Fsp3) is 0.684. The summed E-state index contributed by atoms with van der Waals surface area (Å²) in [4.78, 5) is 2.72. The molecule has 0 saturated carbocycles. The van der Waals surface area contributed by atoms with Gasteiger partial charge in [-0.2, -0.15) is 0 Å². The fourth-order valence-electron chi connectivity index (χ4n) is 3.38. The van der Waals surface area contributed by atoms with Crippen molar-refractivity contribution in [2.75, 3.05) is 13.1 Å². The van der Waals surface area contributed by atoms with Gasteiger partial charge in [-0.1, -0.05) is 63.4 Å². The molecule has 21 heavy (non-hydrogen) atoms. The molecule has 1 saturated heterocycles. The lowest BCUT2D eigenvalue weighted by atomic mass is 9.93. The third-order valence-electron chi connectivity index (χ3n) is 4.98. The van der Waals surface area contributed by atoms with Crippen molar-refractivity contribution in [2.24, 2.45) is 5.92 Å². The maximum absolute atomic E-state index is 3.77. The van der Waals surface area contributed by atoms with Gasteiger partial charge in [0.25, 0.3) is 0 Å². The quantitative estimate of drug-likeness (QED) is 0.851. The van der Waals surface area contributed by atoms with Gasteiger partial charge in [0.05, 0.1) is 0 Å². The Morgan fingerprint density at radius 2 is 1.95 bits per heavy atom. The summed E-state index contributed by atoms with van der Waals surface area (Å²) < 4.78 is 0. The number of piperazine rings is 1. The van der Waals surface area contributed by atoms with Crippen molar-refractivity contribution in [3.63, 3.8) is 0 Å². The van der Waals surface area contributed by atoms with Gasteiger partial charge in [-0.25, -0.2) is 0 Å². The van der Waals surface area contributed by atoms with Crippen molar-refractivity contribution in [1.29, 1.82) is 0 Å². The minimum atomic E-state index is 0.667. The monoisotopic (exact) mass is 288 g/mol.